The van der Waals surface area contributed by atoms with E-state index in [9.17, 15) is 16.8 Å². The minimum atomic E-state index is -3.68. The number of hydrogen-bond acceptors (Lipinski definition) is 4. The van der Waals surface area contributed by atoms with Crippen LogP contribution in [0.25, 0.3) is 0 Å². The van der Waals surface area contributed by atoms with E-state index in [1.807, 2.05) is 13.0 Å². The zero-order chi connectivity index (χ0) is 18.5. The molecule has 0 aromatic heterocycles. The fourth-order valence-corrected chi connectivity index (χ4v) is 5.99. The van der Waals surface area contributed by atoms with Crippen molar-refractivity contribution in [2.75, 3.05) is 12.3 Å². The minimum Gasteiger partial charge on any atom is -0.228 e. The van der Waals surface area contributed by atoms with E-state index in [2.05, 4.69) is 20.7 Å². The Kier molecular flexibility index (Phi) is 6.79. The van der Waals surface area contributed by atoms with E-state index in [1.54, 1.807) is 36.4 Å². The maximum Gasteiger partial charge on any atom is 0.241 e. The highest BCUT2D eigenvalue weighted by atomic mass is 79.9. The van der Waals surface area contributed by atoms with Crippen molar-refractivity contribution in [2.24, 2.45) is 0 Å². The molecule has 0 spiro atoms. The van der Waals surface area contributed by atoms with Gasteiger partial charge in [-0.05, 0) is 52.5 Å². The Morgan fingerprint density at radius 3 is 2.32 bits per heavy atom. The van der Waals surface area contributed by atoms with Gasteiger partial charge < -0.3 is 0 Å². The Bertz CT molecular complexity index is 926. The third kappa shape index (κ3) is 6.22. The quantitative estimate of drug-likeness (QED) is 0.633. The van der Waals surface area contributed by atoms with E-state index in [4.69, 9.17) is 0 Å². The second-order valence-electron chi connectivity index (χ2n) is 5.76. The largest absolute Gasteiger partial charge is 0.241 e. The SMILES string of the molecule is Cc1ccc(S(=O)(=O)NCCCS(=O)(=O)Cc2ccccc2)c(Br)c1. The molecule has 1 N–H and O–H groups in total. The normalized spacial score (nSPS) is 12.2. The summed E-state index contributed by atoms with van der Waals surface area (Å²) in [5, 5.41) is 0. The van der Waals surface area contributed by atoms with Crippen molar-refractivity contribution >= 4 is 35.8 Å². The topological polar surface area (TPSA) is 80.3 Å². The molecular weight excluding hydrogens is 426 g/mol. The first kappa shape index (κ1) is 20.1. The van der Waals surface area contributed by atoms with E-state index in [0.717, 1.165) is 11.1 Å². The molecule has 5 nitrogen and oxygen atoms in total. The lowest BCUT2D eigenvalue weighted by Crippen LogP contribution is -2.26. The van der Waals surface area contributed by atoms with E-state index in [-0.39, 0.29) is 29.4 Å². The van der Waals surface area contributed by atoms with E-state index in [0.29, 0.717) is 4.47 Å². The molecule has 0 fully saturated rings. The maximum atomic E-state index is 12.3. The van der Waals surface area contributed by atoms with Crippen LogP contribution in [0.15, 0.2) is 57.9 Å². The van der Waals surface area contributed by atoms with Crippen molar-refractivity contribution in [1.29, 1.82) is 0 Å². The molecule has 0 saturated carbocycles. The number of nitrogens with one attached hydrogen (secondary N) is 1. The van der Waals surface area contributed by atoms with Gasteiger partial charge in [-0.2, -0.15) is 0 Å². The fourth-order valence-electron chi connectivity index (χ4n) is 2.30. The molecule has 2 aromatic rings. The van der Waals surface area contributed by atoms with Crippen molar-refractivity contribution in [3.8, 4) is 0 Å². The second kappa shape index (κ2) is 8.44. The lowest BCUT2D eigenvalue weighted by Gasteiger charge is -2.09. The summed E-state index contributed by atoms with van der Waals surface area (Å²) in [4.78, 5) is 0.144. The predicted octanol–water partition coefficient (Wildman–Crippen LogP) is 3.04. The minimum absolute atomic E-state index is 0.0376. The number of hydrogen-bond donors (Lipinski definition) is 1. The van der Waals surface area contributed by atoms with Gasteiger partial charge in [0.05, 0.1) is 16.4 Å². The molecular formula is C17H20BrNO4S2. The summed E-state index contributed by atoms with van der Waals surface area (Å²) in [5.74, 6) is -0.108. The maximum absolute atomic E-state index is 12.3. The van der Waals surface area contributed by atoms with E-state index < -0.39 is 19.9 Å². The van der Waals surface area contributed by atoms with Crippen LogP contribution in [-0.4, -0.2) is 29.1 Å². The van der Waals surface area contributed by atoms with Gasteiger partial charge in [-0.25, -0.2) is 21.6 Å². The zero-order valence-electron chi connectivity index (χ0n) is 13.8. The van der Waals surface area contributed by atoms with Gasteiger partial charge in [0.15, 0.2) is 9.84 Å². The van der Waals surface area contributed by atoms with Crippen molar-refractivity contribution < 1.29 is 16.8 Å². The molecule has 0 heterocycles. The summed E-state index contributed by atoms with van der Waals surface area (Å²) < 4.78 is 51.7. The Balaban J connectivity index is 1.89. The van der Waals surface area contributed by atoms with Crippen LogP contribution < -0.4 is 4.72 Å². The van der Waals surface area contributed by atoms with Crippen molar-refractivity contribution in [2.45, 2.75) is 24.0 Å². The molecule has 0 radical (unpaired) electrons. The molecule has 2 aromatic carbocycles. The fraction of sp³-hybridized carbons (Fsp3) is 0.294. The molecule has 25 heavy (non-hydrogen) atoms. The van der Waals surface area contributed by atoms with Crippen molar-refractivity contribution in [3.05, 3.63) is 64.1 Å². The van der Waals surface area contributed by atoms with Gasteiger partial charge in [0.2, 0.25) is 10.0 Å². The number of benzene rings is 2. The summed E-state index contributed by atoms with van der Waals surface area (Å²) in [5.41, 5.74) is 1.67. The Labute approximate surface area is 157 Å². The lowest BCUT2D eigenvalue weighted by atomic mass is 10.2. The predicted molar refractivity (Wildman–Crippen MR) is 103 cm³/mol. The Morgan fingerprint density at radius 1 is 1.00 bits per heavy atom. The number of sulfonamides is 1. The van der Waals surface area contributed by atoms with Gasteiger partial charge in [-0.1, -0.05) is 36.4 Å². The standard InChI is InChI=1S/C17H20BrNO4S2/c1-14-8-9-17(16(18)12-14)25(22,23)19-10-5-11-24(20,21)13-15-6-3-2-4-7-15/h2-4,6-9,12,19H,5,10-11,13H2,1H3. The van der Waals surface area contributed by atoms with Crippen LogP contribution in [0, 0.1) is 6.92 Å². The van der Waals surface area contributed by atoms with Gasteiger partial charge in [0.25, 0.3) is 0 Å². The molecule has 0 aliphatic carbocycles. The molecule has 0 amide bonds. The van der Waals surface area contributed by atoms with Crippen LogP contribution in [0.2, 0.25) is 0 Å². The van der Waals surface area contributed by atoms with Crippen LogP contribution in [0.5, 0.6) is 0 Å². The highest BCUT2D eigenvalue weighted by Gasteiger charge is 2.18. The number of sulfone groups is 1. The number of aryl methyl sites for hydroxylation is 1. The third-order valence-electron chi connectivity index (χ3n) is 3.53. The summed E-state index contributed by atoms with van der Waals surface area (Å²) in [6.45, 7) is 1.93. The van der Waals surface area contributed by atoms with Crippen LogP contribution in [0.1, 0.15) is 17.5 Å². The molecule has 136 valence electrons. The average Bonchev–Trinajstić information content (AvgIpc) is 2.52. The van der Waals surface area contributed by atoms with Crippen LogP contribution in [-0.2, 0) is 25.6 Å². The van der Waals surface area contributed by atoms with Crippen LogP contribution >= 0.6 is 15.9 Å². The summed E-state index contributed by atoms with van der Waals surface area (Å²) >= 11 is 3.25. The van der Waals surface area contributed by atoms with Crippen LogP contribution in [0.4, 0.5) is 0 Å². The molecule has 0 saturated heterocycles. The van der Waals surface area contributed by atoms with Gasteiger partial charge in [0, 0.05) is 11.0 Å². The Hall–Kier alpha value is -1.22. The smallest absolute Gasteiger partial charge is 0.228 e. The second-order valence-corrected chi connectivity index (χ2v) is 10.5. The summed E-state index contributed by atoms with van der Waals surface area (Å²) in [7, 11) is -6.95. The van der Waals surface area contributed by atoms with Crippen molar-refractivity contribution in [3.63, 3.8) is 0 Å². The molecule has 8 heteroatoms. The molecule has 0 bridgehead atoms. The first-order chi connectivity index (χ1) is 11.7. The molecule has 0 atom stereocenters. The Morgan fingerprint density at radius 2 is 1.68 bits per heavy atom. The van der Waals surface area contributed by atoms with Crippen LogP contribution in [0.3, 0.4) is 0 Å². The molecule has 0 aliphatic rings. The monoisotopic (exact) mass is 445 g/mol. The average molecular weight is 446 g/mol. The van der Waals surface area contributed by atoms with E-state index in [1.165, 1.54) is 6.07 Å². The van der Waals surface area contributed by atoms with Crippen molar-refractivity contribution in [1.82, 2.24) is 4.72 Å². The van der Waals surface area contributed by atoms with Gasteiger partial charge in [-0.15, -0.1) is 0 Å². The summed E-state index contributed by atoms with van der Waals surface area (Å²) in [6.07, 6.45) is 0.220. The molecule has 2 rings (SSSR count). The highest BCUT2D eigenvalue weighted by molar-refractivity contribution is 9.10. The van der Waals surface area contributed by atoms with Gasteiger partial charge >= 0.3 is 0 Å². The zero-order valence-corrected chi connectivity index (χ0v) is 17.0. The first-order valence-electron chi connectivity index (χ1n) is 7.70. The number of halogens is 1. The molecule has 0 unspecified atom stereocenters. The first-order valence-corrected chi connectivity index (χ1v) is 11.8. The third-order valence-corrected chi connectivity index (χ3v) is 7.65. The molecule has 0 aliphatic heterocycles. The summed E-state index contributed by atoms with van der Waals surface area (Å²) in [6, 6.07) is 13.9. The van der Waals surface area contributed by atoms with Gasteiger partial charge in [0.1, 0.15) is 0 Å². The van der Waals surface area contributed by atoms with Gasteiger partial charge in [-0.3, -0.25) is 0 Å². The number of rotatable bonds is 8. The lowest BCUT2D eigenvalue weighted by molar-refractivity contribution is 0.575. The van der Waals surface area contributed by atoms with E-state index >= 15 is 0 Å². The highest BCUT2D eigenvalue weighted by Crippen LogP contribution is 2.22.